The van der Waals surface area contributed by atoms with Gasteiger partial charge in [0.25, 0.3) is 0 Å². The molecule has 0 atom stereocenters. The molecule has 1 rings (SSSR count). The number of aromatic nitrogens is 3. The molecule has 0 aliphatic rings. The van der Waals surface area contributed by atoms with Crippen LogP contribution in [0.3, 0.4) is 0 Å². The zero-order valence-corrected chi connectivity index (χ0v) is 6.13. The summed E-state index contributed by atoms with van der Waals surface area (Å²) >= 11 is 0. The number of alkyl halides is 3. The highest BCUT2D eigenvalue weighted by Gasteiger charge is 2.36. The summed E-state index contributed by atoms with van der Waals surface area (Å²) in [7, 11) is 1.12. The fourth-order valence-corrected chi connectivity index (χ4v) is 0.751. The molecule has 0 aliphatic heterocycles. The van der Waals surface area contributed by atoms with Gasteiger partial charge in [-0.05, 0) is 0 Å². The van der Waals surface area contributed by atoms with Crippen molar-refractivity contribution in [3.05, 3.63) is 11.6 Å². The first-order chi connectivity index (χ1) is 5.45. The topological polar surface area (TPSA) is 50.9 Å². The van der Waals surface area contributed by atoms with E-state index in [0.29, 0.717) is 4.68 Å². The van der Waals surface area contributed by atoms with Crippen LogP contribution in [0.2, 0.25) is 0 Å². The van der Waals surface area contributed by atoms with Gasteiger partial charge in [-0.25, -0.2) is 9.67 Å². The van der Waals surface area contributed by atoms with Crippen LogP contribution in [0.25, 0.3) is 0 Å². The van der Waals surface area contributed by atoms with E-state index in [9.17, 15) is 13.2 Å². The Kier molecular flexibility index (Phi) is 2.05. The Morgan fingerprint density at radius 2 is 2.08 bits per heavy atom. The molecule has 68 valence electrons. The molecule has 0 unspecified atom stereocenters. The number of rotatable bonds is 1. The average Bonchev–Trinajstić information content (AvgIpc) is 2.29. The van der Waals surface area contributed by atoms with Crippen molar-refractivity contribution in [1.82, 2.24) is 14.8 Å². The van der Waals surface area contributed by atoms with Gasteiger partial charge >= 0.3 is 6.18 Å². The summed E-state index contributed by atoms with van der Waals surface area (Å²) < 4.78 is 36.6. The lowest BCUT2D eigenvalue weighted by Gasteiger charge is -2.02. The first-order valence-corrected chi connectivity index (χ1v) is 3.03. The Hall–Kier alpha value is -1.11. The monoisotopic (exact) mass is 181 g/mol. The second-order valence-corrected chi connectivity index (χ2v) is 2.13. The molecule has 0 fully saturated rings. The molecule has 0 bridgehead atoms. The van der Waals surface area contributed by atoms with Crippen LogP contribution in [0.4, 0.5) is 13.2 Å². The zero-order chi connectivity index (χ0) is 9.35. The second-order valence-electron chi connectivity index (χ2n) is 2.13. The van der Waals surface area contributed by atoms with Crippen LogP contribution in [-0.2, 0) is 19.8 Å². The van der Waals surface area contributed by atoms with E-state index in [4.69, 9.17) is 5.11 Å². The van der Waals surface area contributed by atoms with E-state index in [2.05, 4.69) is 10.1 Å². The SMILES string of the molecule is Cn1nc(CO)nc1C(F)(F)F. The maximum absolute atomic E-state index is 12.0. The molecule has 7 heteroatoms. The number of halogens is 3. The summed E-state index contributed by atoms with van der Waals surface area (Å²) in [5.74, 6) is -1.34. The Morgan fingerprint density at radius 3 is 2.33 bits per heavy atom. The molecule has 0 saturated carbocycles. The van der Waals surface area contributed by atoms with E-state index < -0.39 is 18.6 Å². The maximum atomic E-state index is 12.0. The predicted octanol–water partition coefficient (Wildman–Crippen LogP) is 0.326. The lowest BCUT2D eigenvalue weighted by atomic mass is 10.6. The van der Waals surface area contributed by atoms with Gasteiger partial charge in [-0.1, -0.05) is 0 Å². The molecular formula is C5H6F3N3O. The summed E-state index contributed by atoms with van der Waals surface area (Å²) in [6.45, 7) is -0.593. The van der Waals surface area contributed by atoms with Crippen LogP contribution in [0.5, 0.6) is 0 Å². The molecule has 0 saturated heterocycles. The number of nitrogens with zero attached hydrogens (tertiary/aromatic N) is 3. The van der Waals surface area contributed by atoms with Crippen molar-refractivity contribution < 1.29 is 18.3 Å². The Balaban J connectivity index is 3.08. The van der Waals surface area contributed by atoms with Crippen molar-refractivity contribution in [3.8, 4) is 0 Å². The van der Waals surface area contributed by atoms with Gasteiger partial charge < -0.3 is 5.11 Å². The Labute approximate surface area is 65.6 Å². The number of hydrogen-bond donors (Lipinski definition) is 1. The molecule has 0 aromatic carbocycles. The maximum Gasteiger partial charge on any atom is 0.451 e. The highest BCUT2D eigenvalue weighted by atomic mass is 19.4. The first-order valence-electron chi connectivity index (χ1n) is 3.03. The minimum absolute atomic E-state index is 0.232. The van der Waals surface area contributed by atoms with Crippen molar-refractivity contribution in [2.45, 2.75) is 12.8 Å². The highest BCUT2D eigenvalue weighted by Crippen LogP contribution is 2.26. The van der Waals surface area contributed by atoms with Crippen molar-refractivity contribution in [1.29, 1.82) is 0 Å². The molecule has 12 heavy (non-hydrogen) atoms. The minimum Gasteiger partial charge on any atom is -0.388 e. The summed E-state index contributed by atoms with van der Waals surface area (Å²) in [6, 6.07) is 0. The van der Waals surface area contributed by atoms with E-state index in [1.165, 1.54) is 0 Å². The lowest BCUT2D eigenvalue weighted by molar-refractivity contribution is -0.147. The van der Waals surface area contributed by atoms with Crippen molar-refractivity contribution >= 4 is 0 Å². The number of hydrogen-bond acceptors (Lipinski definition) is 3. The van der Waals surface area contributed by atoms with E-state index >= 15 is 0 Å². The van der Waals surface area contributed by atoms with Gasteiger partial charge in [-0.15, -0.1) is 0 Å². The third kappa shape index (κ3) is 1.55. The summed E-state index contributed by atoms with van der Waals surface area (Å²) in [6.07, 6.45) is -4.52. The second kappa shape index (κ2) is 2.74. The smallest absolute Gasteiger partial charge is 0.388 e. The standard InChI is InChI=1S/C5H6F3N3O/c1-11-4(5(6,7)8)9-3(2-12)10-11/h12H,2H2,1H3. The Bertz CT molecular complexity index is 280. The van der Waals surface area contributed by atoms with Crippen LogP contribution in [0, 0.1) is 0 Å². The molecule has 1 aromatic rings. The van der Waals surface area contributed by atoms with Gasteiger partial charge in [0.1, 0.15) is 6.61 Å². The van der Waals surface area contributed by atoms with Gasteiger partial charge in [0.15, 0.2) is 5.82 Å². The van der Waals surface area contributed by atoms with E-state index in [0.717, 1.165) is 7.05 Å². The molecule has 1 N–H and O–H groups in total. The van der Waals surface area contributed by atoms with Crippen molar-refractivity contribution in [3.63, 3.8) is 0 Å². The van der Waals surface area contributed by atoms with Crippen LogP contribution < -0.4 is 0 Å². The van der Waals surface area contributed by atoms with Gasteiger partial charge in [-0.2, -0.15) is 18.3 Å². The van der Waals surface area contributed by atoms with Gasteiger partial charge in [-0.3, -0.25) is 0 Å². The van der Waals surface area contributed by atoms with Crippen LogP contribution in [-0.4, -0.2) is 19.9 Å². The fourth-order valence-electron chi connectivity index (χ4n) is 0.751. The normalized spacial score (nSPS) is 12.1. The molecule has 1 aromatic heterocycles. The fraction of sp³-hybridized carbons (Fsp3) is 0.600. The van der Waals surface area contributed by atoms with Gasteiger partial charge in [0.05, 0.1) is 0 Å². The first kappa shape index (κ1) is 8.98. The van der Waals surface area contributed by atoms with Gasteiger partial charge in [0.2, 0.25) is 5.82 Å². The average molecular weight is 181 g/mol. The number of aliphatic hydroxyl groups is 1. The van der Waals surface area contributed by atoms with Crippen LogP contribution in [0.1, 0.15) is 11.6 Å². The van der Waals surface area contributed by atoms with Gasteiger partial charge in [0, 0.05) is 7.05 Å². The van der Waals surface area contributed by atoms with Crippen LogP contribution >= 0.6 is 0 Å². The number of aryl methyl sites for hydroxylation is 1. The minimum atomic E-state index is -4.52. The molecular weight excluding hydrogens is 175 g/mol. The Morgan fingerprint density at radius 1 is 1.50 bits per heavy atom. The molecule has 0 amide bonds. The molecule has 0 spiro atoms. The third-order valence-corrected chi connectivity index (χ3v) is 1.20. The molecule has 0 aliphatic carbocycles. The van der Waals surface area contributed by atoms with E-state index in [1.54, 1.807) is 0 Å². The van der Waals surface area contributed by atoms with E-state index in [-0.39, 0.29) is 5.82 Å². The largest absolute Gasteiger partial charge is 0.451 e. The predicted molar refractivity (Wildman–Crippen MR) is 31.9 cm³/mol. The van der Waals surface area contributed by atoms with Crippen molar-refractivity contribution in [2.75, 3.05) is 0 Å². The quantitative estimate of drug-likeness (QED) is 0.679. The molecule has 4 nitrogen and oxygen atoms in total. The van der Waals surface area contributed by atoms with Crippen molar-refractivity contribution in [2.24, 2.45) is 7.05 Å². The van der Waals surface area contributed by atoms with E-state index in [1.807, 2.05) is 0 Å². The lowest BCUT2D eigenvalue weighted by Crippen LogP contribution is -2.13. The third-order valence-electron chi connectivity index (χ3n) is 1.20. The number of aliphatic hydroxyl groups excluding tert-OH is 1. The summed E-state index contributed by atoms with van der Waals surface area (Å²) in [5.41, 5.74) is 0. The summed E-state index contributed by atoms with van der Waals surface area (Å²) in [5, 5.41) is 11.8. The highest BCUT2D eigenvalue weighted by molar-refractivity contribution is 4.95. The molecule has 1 heterocycles. The molecule has 0 radical (unpaired) electrons. The van der Waals surface area contributed by atoms with Crippen LogP contribution in [0.15, 0.2) is 0 Å². The zero-order valence-electron chi connectivity index (χ0n) is 6.13. The summed E-state index contributed by atoms with van der Waals surface area (Å²) in [4.78, 5) is 3.08.